The quantitative estimate of drug-likeness (QED) is 0.471. The second kappa shape index (κ2) is 11.1. The van der Waals surface area contributed by atoms with Crippen molar-refractivity contribution < 1.29 is 9.18 Å². The molecule has 0 bridgehead atoms. The molecule has 1 amide bonds. The number of aromatic nitrogens is 1. The van der Waals surface area contributed by atoms with Gasteiger partial charge in [0.25, 0.3) is 5.91 Å². The van der Waals surface area contributed by atoms with Crippen LogP contribution in [0.4, 0.5) is 4.39 Å². The lowest BCUT2D eigenvalue weighted by Crippen LogP contribution is -2.38. The molecule has 178 valence electrons. The molecule has 34 heavy (non-hydrogen) atoms. The van der Waals surface area contributed by atoms with Gasteiger partial charge in [-0.1, -0.05) is 30.3 Å². The molecule has 3 aromatic rings. The zero-order chi connectivity index (χ0) is 22.6. The minimum atomic E-state index is -0.0720. The molecule has 1 aliphatic carbocycles. The van der Waals surface area contributed by atoms with Crippen molar-refractivity contribution in [3.63, 3.8) is 0 Å². The third-order valence-corrected chi connectivity index (χ3v) is 7.15. The molecule has 0 unspecified atom stereocenters. The number of halogens is 2. The number of carbonyl (C=O) groups is 1. The van der Waals surface area contributed by atoms with Crippen molar-refractivity contribution in [1.29, 1.82) is 0 Å². The lowest BCUT2D eigenvalue weighted by molar-refractivity contribution is 0.0920. The lowest BCUT2D eigenvalue weighted by atomic mass is 9.84. The fourth-order valence-electron chi connectivity index (χ4n) is 5.21. The maximum atomic E-state index is 14.0. The SMILES string of the molecule is Cl.O=C(NC1CCC(CCN2Cc3cccc(F)c3C2)CC1)c1cccc(-c2cccnc2)c1. The number of amides is 1. The first kappa shape index (κ1) is 24.4. The molecule has 2 aliphatic rings. The van der Waals surface area contributed by atoms with Crippen LogP contribution in [-0.2, 0) is 13.1 Å². The van der Waals surface area contributed by atoms with Gasteiger partial charge in [0.2, 0.25) is 0 Å². The summed E-state index contributed by atoms with van der Waals surface area (Å²) in [5, 5.41) is 3.24. The van der Waals surface area contributed by atoms with E-state index >= 15 is 0 Å². The number of fused-ring (bicyclic) bond motifs is 1. The first-order chi connectivity index (χ1) is 16.2. The van der Waals surface area contributed by atoms with Crippen molar-refractivity contribution in [1.82, 2.24) is 15.2 Å². The van der Waals surface area contributed by atoms with Gasteiger partial charge >= 0.3 is 0 Å². The minimum Gasteiger partial charge on any atom is -0.349 e. The van der Waals surface area contributed by atoms with Crippen LogP contribution in [-0.4, -0.2) is 28.4 Å². The van der Waals surface area contributed by atoms with Crippen LogP contribution in [0.1, 0.15) is 53.6 Å². The molecular formula is C28H31ClFN3O. The molecule has 1 N–H and O–H groups in total. The molecule has 0 saturated heterocycles. The van der Waals surface area contributed by atoms with E-state index in [4.69, 9.17) is 0 Å². The standard InChI is InChI=1S/C28H30FN3O.ClH/c29-27-8-2-6-24-18-32(19-26(24)27)15-13-20-9-11-25(12-10-20)31-28(33)22-5-1-4-21(16-22)23-7-3-14-30-17-23;/h1-8,14,16-17,20,25H,9-13,15,18-19H2,(H,31,33);1H. The Morgan fingerprint density at radius 2 is 1.79 bits per heavy atom. The van der Waals surface area contributed by atoms with Crippen LogP contribution < -0.4 is 5.32 Å². The molecule has 1 fully saturated rings. The predicted molar refractivity (Wildman–Crippen MR) is 135 cm³/mol. The molecule has 1 saturated carbocycles. The topological polar surface area (TPSA) is 45.2 Å². The smallest absolute Gasteiger partial charge is 0.251 e. The van der Waals surface area contributed by atoms with Gasteiger partial charge in [0.05, 0.1) is 0 Å². The third-order valence-electron chi connectivity index (χ3n) is 7.15. The number of benzene rings is 2. The molecule has 2 aromatic carbocycles. The average molecular weight is 480 g/mol. The van der Waals surface area contributed by atoms with E-state index in [0.29, 0.717) is 11.5 Å². The molecular weight excluding hydrogens is 449 g/mol. The van der Waals surface area contributed by atoms with Crippen LogP contribution in [0.2, 0.25) is 0 Å². The summed E-state index contributed by atoms with van der Waals surface area (Å²) in [7, 11) is 0. The van der Waals surface area contributed by atoms with Gasteiger partial charge in [-0.15, -0.1) is 12.4 Å². The van der Waals surface area contributed by atoms with E-state index < -0.39 is 0 Å². The van der Waals surface area contributed by atoms with E-state index in [9.17, 15) is 9.18 Å². The summed E-state index contributed by atoms with van der Waals surface area (Å²) in [5.41, 5.74) is 4.71. The molecule has 2 heterocycles. The van der Waals surface area contributed by atoms with Gasteiger partial charge in [0.1, 0.15) is 5.82 Å². The Morgan fingerprint density at radius 3 is 2.56 bits per heavy atom. The highest BCUT2D eigenvalue weighted by Gasteiger charge is 2.25. The van der Waals surface area contributed by atoms with Crippen molar-refractivity contribution >= 4 is 18.3 Å². The molecule has 0 spiro atoms. The maximum Gasteiger partial charge on any atom is 0.251 e. The fourth-order valence-corrected chi connectivity index (χ4v) is 5.21. The Hall–Kier alpha value is -2.76. The zero-order valence-electron chi connectivity index (χ0n) is 19.3. The van der Waals surface area contributed by atoms with Crippen molar-refractivity contribution in [2.75, 3.05) is 6.54 Å². The molecule has 1 aromatic heterocycles. The first-order valence-corrected chi connectivity index (χ1v) is 12.0. The second-order valence-corrected chi connectivity index (χ2v) is 9.39. The Bertz CT molecular complexity index is 1120. The predicted octanol–water partition coefficient (Wildman–Crippen LogP) is 6.00. The summed E-state index contributed by atoms with van der Waals surface area (Å²) in [6, 6.07) is 17.3. The van der Waals surface area contributed by atoms with Crippen LogP contribution in [0.25, 0.3) is 11.1 Å². The van der Waals surface area contributed by atoms with Gasteiger partial charge in [-0.25, -0.2) is 4.39 Å². The summed E-state index contributed by atoms with van der Waals surface area (Å²) in [5.74, 6) is 0.610. The van der Waals surface area contributed by atoms with Gasteiger partial charge in [0.15, 0.2) is 0 Å². The summed E-state index contributed by atoms with van der Waals surface area (Å²) in [4.78, 5) is 19.4. The first-order valence-electron chi connectivity index (χ1n) is 12.0. The Morgan fingerprint density at radius 1 is 1.00 bits per heavy atom. The van der Waals surface area contributed by atoms with Crippen molar-refractivity contribution in [2.24, 2.45) is 5.92 Å². The largest absolute Gasteiger partial charge is 0.349 e. The van der Waals surface area contributed by atoms with E-state index in [-0.39, 0.29) is 30.2 Å². The Balaban J connectivity index is 0.00000274. The number of carbonyl (C=O) groups excluding carboxylic acids is 1. The number of hydrogen-bond donors (Lipinski definition) is 1. The van der Waals surface area contributed by atoms with Crippen LogP contribution >= 0.6 is 12.4 Å². The average Bonchev–Trinajstić information content (AvgIpc) is 3.29. The van der Waals surface area contributed by atoms with Gasteiger partial charge in [-0.3, -0.25) is 14.7 Å². The lowest BCUT2D eigenvalue weighted by Gasteiger charge is -2.30. The van der Waals surface area contributed by atoms with Gasteiger partial charge in [0, 0.05) is 48.2 Å². The monoisotopic (exact) mass is 479 g/mol. The van der Waals surface area contributed by atoms with Crippen molar-refractivity contribution in [3.8, 4) is 11.1 Å². The summed E-state index contributed by atoms with van der Waals surface area (Å²) < 4.78 is 14.0. The fraction of sp³-hybridized carbons (Fsp3) is 0.357. The second-order valence-electron chi connectivity index (χ2n) is 9.39. The summed E-state index contributed by atoms with van der Waals surface area (Å²) >= 11 is 0. The highest BCUT2D eigenvalue weighted by Crippen LogP contribution is 2.30. The minimum absolute atomic E-state index is 0. The van der Waals surface area contributed by atoms with Crippen molar-refractivity contribution in [3.05, 3.63) is 89.5 Å². The van der Waals surface area contributed by atoms with Gasteiger partial charge in [-0.05, 0) is 80.0 Å². The van der Waals surface area contributed by atoms with Crippen LogP contribution in [0, 0.1) is 11.7 Å². The molecule has 5 rings (SSSR count). The third kappa shape index (κ3) is 5.65. The summed E-state index contributed by atoms with van der Waals surface area (Å²) in [6.07, 6.45) is 9.02. The number of nitrogens with zero attached hydrogens (tertiary/aromatic N) is 2. The highest BCUT2D eigenvalue weighted by atomic mass is 35.5. The van der Waals surface area contributed by atoms with Gasteiger partial charge in [-0.2, -0.15) is 0 Å². The number of hydrogen-bond acceptors (Lipinski definition) is 3. The van der Waals surface area contributed by atoms with Crippen LogP contribution in [0.15, 0.2) is 67.0 Å². The number of pyridine rings is 1. The molecule has 6 heteroatoms. The maximum absolute atomic E-state index is 14.0. The van der Waals surface area contributed by atoms with Gasteiger partial charge < -0.3 is 5.32 Å². The van der Waals surface area contributed by atoms with Crippen LogP contribution in [0.3, 0.4) is 0 Å². The normalized spacial score (nSPS) is 19.8. The Kier molecular flexibility index (Phi) is 7.96. The number of nitrogens with one attached hydrogen (secondary N) is 1. The molecule has 0 atom stereocenters. The highest BCUT2D eigenvalue weighted by molar-refractivity contribution is 5.95. The van der Waals surface area contributed by atoms with Crippen LogP contribution in [0.5, 0.6) is 0 Å². The van der Waals surface area contributed by atoms with E-state index in [1.54, 1.807) is 12.3 Å². The summed E-state index contributed by atoms with van der Waals surface area (Å²) in [6.45, 7) is 2.60. The van der Waals surface area contributed by atoms with E-state index in [1.807, 2.05) is 54.7 Å². The van der Waals surface area contributed by atoms with E-state index in [0.717, 1.165) is 74.0 Å². The number of rotatable bonds is 6. The van der Waals surface area contributed by atoms with E-state index in [2.05, 4.69) is 15.2 Å². The zero-order valence-corrected chi connectivity index (χ0v) is 20.1. The van der Waals surface area contributed by atoms with E-state index in [1.165, 1.54) is 0 Å². The molecule has 4 nitrogen and oxygen atoms in total. The molecule has 0 radical (unpaired) electrons. The molecule has 1 aliphatic heterocycles. The van der Waals surface area contributed by atoms with Crippen molar-refractivity contribution in [2.45, 2.75) is 51.2 Å². The Labute approximate surface area is 207 Å².